The predicted molar refractivity (Wildman–Crippen MR) is 101 cm³/mol. The normalized spacial score (nSPS) is 11.1. The van der Waals surface area contributed by atoms with Gasteiger partial charge in [-0.25, -0.2) is 14.8 Å². The average Bonchev–Trinajstić information content (AvgIpc) is 2.90. The fourth-order valence-electron chi connectivity index (χ4n) is 2.42. The quantitative estimate of drug-likeness (QED) is 0.595. The zero-order valence-corrected chi connectivity index (χ0v) is 16.6. The van der Waals surface area contributed by atoms with Gasteiger partial charge < -0.3 is 5.32 Å². The monoisotopic (exact) mass is 460 g/mol. The molecule has 3 aromatic rings. The highest BCUT2D eigenvalue weighted by atomic mass is 79.9. The maximum absolute atomic E-state index is 12.4. The number of pyridine rings is 1. The lowest BCUT2D eigenvalue weighted by Crippen LogP contribution is -2.37. The Morgan fingerprint density at radius 2 is 1.96 bits per heavy atom. The molecule has 0 radical (unpaired) electrons. The number of aryl methyl sites for hydroxylation is 1. The van der Waals surface area contributed by atoms with Crippen molar-refractivity contribution < 1.29 is 4.79 Å². The molecule has 0 saturated heterocycles. The number of imidazole rings is 1. The molecule has 0 aliphatic heterocycles. The first kappa shape index (κ1) is 18.6. The molecule has 0 aliphatic rings. The van der Waals surface area contributed by atoms with Gasteiger partial charge in [0.25, 0.3) is 5.56 Å². The minimum absolute atomic E-state index is 0.0666. The third-order valence-corrected chi connectivity index (χ3v) is 4.76. The van der Waals surface area contributed by atoms with Gasteiger partial charge in [0.1, 0.15) is 6.54 Å². The summed E-state index contributed by atoms with van der Waals surface area (Å²) in [5.74, 6) is -0.332. The number of carbonyl (C=O) groups is 1. The minimum atomic E-state index is -0.551. The van der Waals surface area contributed by atoms with Gasteiger partial charge in [-0.2, -0.15) is 0 Å². The van der Waals surface area contributed by atoms with Crippen LogP contribution in [-0.4, -0.2) is 29.6 Å². The van der Waals surface area contributed by atoms with Crippen LogP contribution in [0.5, 0.6) is 0 Å². The highest BCUT2D eigenvalue weighted by Gasteiger charge is 2.20. The fourth-order valence-corrected chi connectivity index (χ4v) is 3.32. The van der Waals surface area contributed by atoms with Gasteiger partial charge in [0.15, 0.2) is 21.7 Å². The van der Waals surface area contributed by atoms with Gasteiger partial charge in [-0.15, -0.1) is 0 Å². The average molecular weight is 462 g/mol. The molecule has 3 heterocycles. The smallest absolute Gasteiger partial charge is 0.308 e. The molecule has 3 aromatic heterocycles. The van der Waals surface area contributed by atoms with E-state index >= 15 is 0 Å². The summed E-state index contributed by atoms with van der Waals surface area (Å²) in [6.45, 7) is -0.224. The van der Waals surface area contributed by atoms with Crippen molar-refractivity contribution >= 4 is 62.0 Å². The molecule has 0 fully saturated rings. The second-order valence-corrected chi connectivity index (χ2v) is 6.93. The van der Waals surface area contributed by atoms with Gasteiger partial charge in [0, 0.05) is 20.3 Å². The Morgan fingerprint density at radius 1 is 1.27 bits per heavy atom. The molecule has 136 valence electrons. The number of fused-ring (bicyclic) bond motifs is 1. The van der Waals surface area contributed by atoms with Crippen LogP contribution >= 0.6 is 39.1 Å². The van der Waals surface area contributed by atoms with Crippen molar-refractivity contribution in [2.45, 2.75) is 6.54 Å². The highest BCUT2D eigenvalue weighted by molar-refractivity contribution is 9.10. The van der Waals surface area contributed by atoms with Crippen LogP contribution in [0, 0.1) is 0 Å². The lowest BCUT2D eigenvalue weighted by atomic mass is 10.4. The largest absolute Gasteiger partial charge is 0.332 e. The summed E-state index contributed by atoms with van der Waals surface area (Å²) in [4.78, 5) is 44.8. The van der Waals surface area contributed by atoms with Crippen molar-refractivity contribution in [3.05, 3.63) is 47.9 Å². The van der Waals surface area contributed by atoms with E-state index in [0.717, 1.165) is 4.57 Å². The number of anilines is 1. The lowest BCUT2D eigenvalue weighted by Gasteiger charge is -2.10. The second-order valence-electron chi connectivity index (χ2n) is 5.38. The first-order valence-corrected chi connectivity index (χ1v) is 8.68. The molecular weight excluding hydrogens is 451 g/mol. The van der Waals surface area contributed by atoms with E-state index in [1.807, 2.05) is 0 Å². The van der Waals surface area contributed by atoms with E-state index in [2.05, 4.69) is 31.2 Å². The molecule has 9 nitrogen and oxygen atoms in total. The van der Waals surface area contributed by atoms with Crippen molar-refractivity contribution in [3.63, 3.8) is 0 Å². The van der Waals surface area contributed by atoms with Gasteiger partial charge in [-0.3, -0.25) is 23.3 Å². The second kappa shape index (κ2) is 6.86. The zero-order chi connectivity index (χ0) is 19.2. The molecule has 0 saturated carbocycles. The van der Waals surface area contributed by atoms with E-state index in [0.29, 0.717) is 5.02 Å². The number of amides is 1. The van der Waals surface area contributed by atoms with Crippen LogP contribution in [0.3, 0.4) is 0 Å². The van der Waals surface area contributed by atoms with Crippen LogP contribution < -0.4 is 16.6 Å². The first-order valence-electron chi connectivity index (χ1n) is 7.13. The summed E-state index contributed by atoms with van der Waals surface area (Å²) in [7, 11) is 2.85. The molecular formula is C14H11BrCl2N6O3. The number of nitrogens with one attached hydrogen (secondary N) is 1. The van der Waals surface area contributed by atoms with E-state index in [1.165, 1.54) is 35.5 Å². The summed E-state index contributed by atoms with van der Waals surface area (Å²) in [6.07, 6.45) is 1.35. The fraction of sp³-hybridized carbons (Fsp3) is 0.214. The van der Waals surface area contributed by atoms with Gasteiger partial charge in [0.05, 0.1) is 10.0 Å². The molecule has 12 heteroatoms. The zero-order valence-electron chi connectivity index (χ0n) is 13.5. The van der Waals surface area contributed by atoms with Crippen LogP contribution in [0.15, 0.2) is 26.6 Å². The Labute approximate surface area is 164 Å². The number of hydrogen-bond donors (Lipinski definition) is 1. The maximum atomic E-state index is 12.4. The number of aromatic nitrogens is 5. The Kier molecular flexibility index (Phi) is 4.91. The Bertz CT molecular complexity index is 1170. The molecule has 0 atom stereocenters. The van der Waals surface area contributed by atoms with Crippen LogP contribution in [0.25, 0.3) is 11.2 Å². The SMILES string of the molecule is Cn1c(=O)c2nc(Br)n(CC(=O)Nc3ncc(Cl)cc3Cl)c2n(C)c1=O. The third-order valence-electron chi connectivity index (χ3n) is 3.66. The molecule has 0 unspecified atom stereocenters. The van der Waals surface area contributed by atoms with E-state index in [9.17, 15) is 14.4 Å². The molecule has 0 aliphatic carbocycles. The number of hydrogen-bond acceptors (Lipinski definition) is 5. The molecule has 1 N–H and O–H groups in total. The van der Waals surface area contributed by atoms with Crippen molar-refractivity contribution in [2.75, 3.05) is 5.32 Å². The van der Waals surface area contributed by atoms with Crippen LogP contribution in [-0.2, 0) is 25.4 Å². The van der Waals surface area contributed by atoms with Gasteiger partial charge in [0.2, 0.25) is 5.91 Å². The van der Waals surface area contributed by atoms with E-state index in [-0.39, 0.29) is 33.3 Å². The maximum Gasteiger partial charge on any atom is 0.332 e. The van der Waals surface area contributed by atoms with Gasteiger partial charge in [-0.05, 0) is 22.0 Å². The summed E-state index contributed by atoms with van der Waals surface area (Å²) in [6, 6.07) is 1.45. The van der Waals surface area contributed by atoms with Gasteiger partial charge in [-0.1, -0.05) is 23.2 Å². The van der Waals surface area contributed by atoms with Crippen LogP contribution in [0.1, 0.15) is 0 Å². The lowest BCUT2D eigenvalue weighted by molar-refractivity contribution is -0.116. The van der Waals surface area contributed by atoms with Crippen molar-refractivity contribution in [1.82, 2.24) is 23.7 Å². The number of halogens is 3. The summed E-state index contributed by atoms with van der Waals surface area (Å²) in [5, 5.41) is 3.06. The summed E-state index contributed by atoms with van der Waals surface area (Å²) >= 11 is 15.0. The van der Waals surface area contributed by atoms with E-state index < -0.39 is 17.2 Å². The Balaban J connectivity index is 2.01. The van der Waals surface area contributed by atoms with Crippen molar-refractivity contribution in [3.8, 4) is 0 Å². The standard InChI is InChI=1S/C14H11BrCl2N6O3/c1-21-11-9(12(25)22(2)14(21)26)20-13(15)23(11)5-8(24)19-10-7(17)3-6(16)4-18-10/h3-4H,5H2,1-2H3,(H,18,19,24). The molecule has 26 heavy (non-hydrogen) atoms. The number of nitrogens with zero attached hydrogens (tertiary/aromatic N) is 5. The van der Waals surface area contributed by atoms with Crippen LogP contribution in [0.4, 0.5) is 5.82 Å². The predicted octanol–water partition coefficient (Wildman–Crippen LogP) is 1.54. The number of rotatable bonds is 3. The van der Waals surface area contributed by atoms with Crippen LogP contribution in [0.2, 0.25) is 10.0 Å². The molecule has 3 rings (SSSR count). The summed E-state index contributed by atoms with van der Waals surface area (Å²) < 4.78 is 3.83. The first-order chi connectivity index (χ1) is 12.2. The van der Waals surface area contributed by atoms with E-state index in [1.54, 1.807) is 0 Å². The molecule has 0 aromatic carbocycles. The minimum Gasteiger partial charge on any atom is -0.308 e. The van der Waals surface area contributed by atoms with E-state index in [4.69, 9.17) is 23.2 Å². The molecule has 1 amide bonds. The Morgan fingerprint density at radius 3 is 2.62 bits per heavy atom. The topological polar surface area (TPSA) is 104 Å². The molecule has 0 bridgehead atoms. The molecule has 0 spiro atoms. The number of carbonyl (C=O) groups excluding carboxylic acids is 1. The Hall–Kier alpha value is -2.17. The highest BCUT2D eigenvalue weighted by Crippen LogP contribution is 2.23. The third kappa shape index (κ3) is 3.15. The van der Waals surface area contributed by atoms with Crippen molar-refractivity contribution in [1.29, 1.82) is 0 Å². The van der Waals surface area contributed by atoms with Crippen molar-refractivity contribution in [2.24, 2.45) is 14.1 Å². The summed E-state index contributed by atoms with van der Waals surface area (Å²) in [5.41, 5.74) is -0.795. The van der Waals surface area contributed by atoms with Gasteiger partial charge >= 0.3 is 5.69 Å².